The Balaban J connectivity index is 2.14. The van der Waals surface area contributed by atoms with Crippen molar-refractivity contribution in [3.8, 4) is 0 Å². The van der Waals surface area contributed by atoms with Gasteiger partial charge in [-0.2, -0.15) is 0 Å². The summed E-state index contributed by atoms with van der Waals surface area (Å²) in [5, 5.41) is 9.28. The Hall–Kier alpha value is -1.26. The van der Waals surface area contributed by atoms with Crippen LogP contribution in [0.3, 0.4) is 0 Å². The number of nitrogens with zero attached hydrogens (tertiary/aromatic N) is 2. The van der Waals surface area contributed by atoms with Crippen LogP contribution in [0.25, 0.3) is 0 Å². The van der Waals surface area contributed by atoms with Gasteiger partial charge in [-0.05, 0) is 39.0 Å². The fourth-order valence-electron chi connectivity index (χ4n) is 3.60. The van der Waals surface area contributed by atoms with E-state index >= 15 is 0 Å². The lowest BCUT2D eigenvalue weighted by Crippen LogP contribution is -2.50. The molecule has 5 heteroatoms. The number of carbonyl (C=O) groups is 2. The minimum atomic E-state index is -0.755. The highest BCUT2D eigenvalue weighted by Crippen LogP contribution is 2.42. The van der Waals surface area contributed by atoms with Crippen molar-refractivity contribution in [3.63, 3.8) is 0 Å². The molecule has 0 aromatic rings. The van der Waals surface area contributed by atoms with Crippen LogP contribution in [0.2, 0.25) is 0 Å². The quantitative estimate of drug-likeness (QED) is 0.861. The van der Waals surface area contributed by atoms with Crippen LogP contribution in [0, 0.1) is 11.8 Å². The number of aliphatic carboxylic acids is 1. The fourth-order valence-corrected chi connectivity index (χ4v) is 3.60. The molecule has 2 aliphatic rings. The monoisotopic (exact) mass is 282 g/mol. The number of hydrogen-bond donors (Lipinski definition) is 1. The fraction of sp³-hybridized carbons (Fsp3) is 0.867. The van der Waals surface area contributed by atoms with Gasteiger partial charge in [0.05, 0.1) is 5.92 Å². The van der Waals surface area contributed by atoms with Gasteiger partial charge in [0.1, 0.15) is 0 Å². The Morgan fingerprint density at radius 3 is 2.35 bits per heavy atom. The van der Waals surface area contributed by atoms with Crippen molar-refractivity contribution in [2.45, 2.75) is 65.1 Å². The van der Waals surface area contributed by atoms with Gasteiger partial charge in [0, 0.05) is 24.7 Å². The largest absolute Gasteiger partial charge is 0.481 e. The molecule has 2 aliphatic heterocycles. The lowest BCUT2D eigenvalue weighted by Gasteiger charge is -2.35. The maximum atomic E-state index is 12.8. The van der Waals surface area contributed by atoms with Crippen molar-refractivity contribution in [1.82, 2.24) is 9.80 Å². The highest BCUT2D eigenvalue weighted by Gasteiger charge is 2.52. The highest BCUT2D eigenvalue weighted by atomic mass is 16.4. The average molecular weight is 282 g/mol. The molecule has 3 atom stereocenters. The van der Waals surface area contributed by atoms with Crippen LogP contribution >= 0.6 is 0 Å². The normalized spacial score (nSPS) is 28.5. The van der Waals surface area contributed by atoms with Crippen LogP contribution < -0.4 is 0 Å². The van der Waals surface area contributed by atoms with Crippen LogP contribution in [0.15, 0.2) is 0 Å². The summed E-state index contributed by atoms with van der Waals surface area (Å²) >= 11 is 0. The van der Waals surface area contributed by atoms with E-state index in [1.807, 2.05) is 23.6 Å². The summed E-state index contributed by atoms with van der Waals surface area (Å²) in [4.78, 5) is 27.9. The van der Waals surface area contributed by atoms with E-state index in [0.717, 1.165) is 19.4 Å². The second-order valence-electron chi connectivity index (χ2n) is 6.81. The van der Waals surface area contributed by atoms with E-state index in [4.69, 9.17) is 0 Å². The molecular weight excluding hydrogens is 256 g/mol. The molecule has 2 saturated heterocycles. The molecule has 3 unspecified atom stereocenters. The second-order valence-corrected chi connectivity index (χ2v) is 6.81. The molecule has 0 radical (unpaired) electrons. The van der Waals surface area contributed by atoms with Crippen molar-refractivity contribution >= 4 is 12.0 Å². The SMILES string of the molecule is CC(C)CN(C(=O)N1C2CCC1C(C(=O)O)C2)C(C)C. The van der Waals surface area contributed by atoms with Crippen LogP contribution in [-0.4, -0.2) is 51.6 Å². The summed E-state index contributed by atoms with van der Waals surface area (Å²) in [6.45, 7) is 8.96. The third-order valence-corrected chi connectivity index (χ3v) is 4.51. The van der Waals surface area contributed by atoms with Crippen molar-refractivity contribution in [1.29, 1.82) is 0 Å². The van der Waals surface area contributed by atoms with Crippen LogP contribution in [-0.2, 0) is 4.79 Å². The lowest BCUT2D eigenvalue weighted by molar-refractivity contribution is -0.142. The van der Waals surface area contributed by atoms with E-state index in [9.17, 15) is 14.7 Å². The van der Waals surface area contributed by atoms with Crippen LogP contribution in [0.1, 0.15) is 47.0 Å². The van der Waals surface area contributed by atoms with Gasteiger partial charge < -0.3 is 14.9 Å². The summed E-state index contributed by atoms with van der Waals surface area (Å²) in [6.07, 6.45) is 2.41. The van der Waals surface area contributed by atoms with Crippen LogP contribution in [0.4, 0.5) is 4.79 Å². The summed E-state index contributed by atoms with van der Waals surface area (Å²) < 4.78 is 0. The number of carboxylic acid groups (broad SMARTS) is 1. The van der Waals surface area contributed by atoms with Crippen molar-refractivity contribution in [2.75, 3.05) is 6.54 Å². The number of rotatable bonds is 4. The van der Waals surface area contributed by atoms with Gasteiger partial charge in [-0.1, -0.05) is 13.8 Å². The van der Waals surface area contributed by atoms with E-state index in [1.165, 1.54) is 0 Å². The van der Waals surface area contributed by atoms with Crippen LogP contribution in [0.5, 0.6) is 0 Å². The Labute approximate surface area is 120 Å². The van der Waals surface area contributed by atoms with Gasteiger partial charge in [0.25, 0.3) is 0 Å². The van der Waals surface area contributed by atoms with Gasteiger partial charge >= 0.3 is 12.0 Å². The number of amides is 2. The predicted molar refractivity (Wildman–Crippen MR) is 76.5 cm³/mol. The Kier molecular flexibility index (Phi) is 4.25. The first-order valence-electron chi connectivity index (χ1n) is 7.64. The van der Waals surface area contributed by atoms with Crippen molar-refractivity contribution in [3.05, 3.63) is 0 Å². The summed E-state index contributed by atoms with van der Waals surface area (Å²) in [7, 11) is 0. The van der Waals surface area contributed by atoms with Gasteiger partial charge in [-0.15, -0.1) is 0 Å². The molecular formula is C15H26N2O3. The smallest absolute Gasteiger partial charge is 0.320 e. The first-order valence-corrected chi connectivity index (χ1v) is 7.64. The molecule has 2 rings (SSSR count). The number of carbonyl (C=O) groups excluding carboxylic acids is 1. The van der Waals surface area contributed by atoms with E-state index in [1.54, 1.807) is 0 Å². The summed E-state index contributed by atoms with van der Waals surface area (Å²) in [6, 6.07) is 0.207. The van der Waals surface area contributed by atoms with Crippen molar-refractivity contribution < 1.29 is 14.7 Å². The molecule has 2 heterocycles. The van der Waals surface area contributed by atoms with E-state index < -0.39 is 5.97 Å². The Bertz CT molecular complexity index is 395. The third kappa shape index (κ3) is 2.63. The van der Waals surface area contributed by atoms with E-state index in [-0.39, 0.29) is 30.1 Å². The zero-order chi connectivity index (χ0) is 15.0. The maximum Gasteiger partial charge on any atom is 0.320 e. The molecule has 1 N–H and O–H groups in total. The molecule has 0 aliphatic carbocycles. The molecule has 0 aromatic heterocycles. The molecule has 2 bridgehead atoms. The zero-order valence-electron chi connectivity index (χ0n) is 12.9. The van der Waals surface area contributed by atoms with Gasteiger partial charge in [-0.25, -0.2) is 4.79 Å². The topological polar surface area (TPSA) is 60.9 Å². The molecule has 0 saturated carbocycles. The first-order chi connectivity index (χ1) is 9.32. The minimum absolute atomic E-state index is 0.0324. The molecule has 5 nitrogen and oxygen atoms in total. The van der Waals surface area contributed by atoms with Crippen molar-refractivity contribution in [2.24, 2.45) is 11.8 Å². The van der Waals surface area contributed by atoms with Gasteiger partial charge in [0.2, 0.25) is 0 Å². The second kappa shape index (κ2) is 5.62. The Morgan fingerprint density at radius 2 is 1.90 bits per heavy atom. The first kappa shape index (κ1) is 15.1. The zero-order valence-corrected chi connectivity index (χ0v) is 12.9. The molecule has 2 fully saturated rings. The third-order valence-electron chi connectivity index (χ3n) is 4.51. The van der Waals surface area contributed by atoms with Gasteiger partial charge in [-0.3, -0.25) is 4.79 Å². The predicted octanol–water partition coefficient (Wildman–Crippen LogP) is 2.41. The summed E-state index contributed by atoms with van der Waals surface area (Å²) in [5.74, 6) is -0.711. The summed E-state index contributed by atoms with van der Waals surface area (Å²) in [5.41, 5.74) is 0. The molecule has 0 aromatic carbocycles. The molecule has 0 spiro atoms. The number of hydrogen-bond acceptors (Lipinski definition) is 2. The number of carboxylic acids is 1. The van der Waals surface area contributed by atoms with Gasteiger partial charge in [0.15, 0.2) is 0 Å². The average Bonchev–Trinajstić information content (AvgIpc) is 2.91. The minimum Gasteiger partial charge on any atom is -0.481 e. The highest BCUT2D eigenvalue weighted by molar-refractivity contribution is 5.79. The molecule has 20 heavy (non-hydrogen) atoms. The maximum absolute atomic E-state index is 12.8. The molecule has 114 valence electrons. The van der Waals surface area contributed by atoms with E-state index in [2.05, 4.69) is 13.8 Å². The number of urea groups is 1. The lowest BCUT2D eigenvalue weighted by atomic mass is 9.89. The Morgan fingerprint density at radius 1 is 1.25 bits per heavy atom. The standard InChI is InChI=1S/C15H26N2O3/c1-9(2)8-16(10(3)4)15(20)17-11-5-6-13(17)12(7-11)14(18)19/h9-13H,5-8H2,1-4H3,(H,18,19). The number of fused-ring (bicyclic) bond motifs is 2. The molecule has 2 amide bonds. The van der Waals surface area contributed by atoms with E-state index in [0.29, 0.717) is 12.3 Å².